The average molecular weight is 349 g/mol. The molecule has 0 unspecified atom stereocenters. The Labute approximate surface area is 142 Å². The van der Waals surface area contributed by atoms with E-state index in [0.29, 0.717) is 16.9 Å². The van der Waals surface area contributed by atoms with Gasteiger partial charge in [0.1, 0.15) is 11.5 Å². The summed E-state index contributed by atoms with van der Waals surface area (Å²) in [5.74, 6) is -0.450. The third kappa shape index (κ3) is 4.13. The molecule has 0 radical (unpaired) electrons. The molecule has 0 bridgehead atoms. The molecule has 1 aromatic rings. The van der Waals surface area contributed by atoms with Gasteiger partial charge in [0.25, 0.3) is 5.91 Å². The van der Waals surface area contributed by atoms with Crippen LogP contribution in [-0.4, -0.2) is 42.6 Å². The molecule has 24 heavy (non-hydrogen) atoms. The Hall–Kier alpha value is -2.81. The van der Waals surface area contributed by atoms with Crippen LogP contribution in [0.5, 0.6) is 11.5 Å². The summed E-state index contributed by atoms with van der Waals surface area (Å²) < 4.78 is 9.59. The highest BCUT2D eigenvalue weighted by Gasteiger charge is 2.25. The van der Waals surface area contributed by atoms with Gasteiger partial charge >= 0.3 is 5.97 Å². The molecule has 1 aliphatic rings. The standard InChI is InChI=1S/C15H15N3O5S/c1-8-4-10(22-2)5-9(13(8)20)7-16-18-15-17-14(21)11(24-15)6-12(19)23-3/h4-7,20H,1-3H3,(H,17,18,21)/b11-6+,16-7?. The van der Waals surface area contributed by atoms with Gasteiger partial charge in [-0.2, -0.15) is 5.10 Å². The topological polar surface area (TPSA) is 110 Å². The molecule has 126 valence electrons. The van der Waals surface area contributed by atoms with Crippen molar-refractivity contribution in [2.75, 3.05) is 14.2 Å². The highest BCUT2D eigenvalue weighted by atomic mass is 32.2. The molecule has 0 spiro atoms. The number of ether oxygens (including phenoxy) is 2. The van der Waals surface area contributed by atoms with E-state index in [4.69, 9.17) is 4.74 Å². The van der Waals surface area contributed by atoms with E-state index in [2.05, 4.69) is 20.3 Å². The predicted octanol–water partition coefficient (Wildman–Crippen LogP) is 1.32. The van der Waals surface area contributed by atoms with Crippen molar-refractivity contribution in [3.8, 4) is 11.5 Å². The Morgan fingerprint density at radius 2 is 2.12 bits per heavy atom. The number of carbonyl (C=O) groups is 2. The van der Waals surface area contributed by atoms with E-state index in [0.717, 1.165) is 17.8 Å². The number of phenolic OH excluding ortho intramolecular Hbond substituents is 1. The number of nitrogens with one attached hydrogen (secondary N) is 1. The highest BCUT2D eigenvalue weighted by Crippen LogP contribution is 2.27. The minimum absolute atomic E-state index is 0.0640. The molecular weight excluding hydrogens is 334 g/mol. The average Bonchev–Trinajstić information content (AvgIpc) is 2.90. The highest BCUT2D eigenvalue weighted by molar-refractivity contribution is 8.18. The minimum Gasteiger partial charge on any atom is -0.507 e. The number of aryl methyl sites for hydroxylation is 1. The zero-order valence-corrected chi connectivity index (χ0v) is 14.0. The lowest BCUT2D eigenvalue weighted by atomic mass is 10.1. The first-order chi connectivity index (χ1) is 11.4. The van der Waals surface area contributed by atoms with Crippen molar-refractivity contribution >= 4 is 35.0 Å². The van der Waals surface area contributed by atoms with E-state index in [1.54, 1.807) is 19.1 Å². The van der Waals surface area contributed by atoms with Crippen LogP contribution in [0.3, 0.4) is 0 Å². The maximum Gasteiger partial charge on any atom is 0.331 e. The molecule has 1 saturated heterocycles. The molecule has 1 amide bonds. The maximum absolute atomic E-state index is 11.7. The van der Waals surface area contributed by atoms with Crippen molar-refractivity contribution < 1.29 is 24.2 Å². The number of benzene rings is 1. The van der Waals surface area contributed by atoms with Gasteiger partial charge in [0.05, 0.1) is 25.3 Å². The fourth-order valence-electron chi connectivity index (χ4n) is 1.77. The fourth-order valence-corrected chi connectivity index (χ4v) is 2.51. The molecule has 2 rings (SSSR count). The number of esters is 1. The van der Waals surface area contributed by atoms with Gasteiger partial charge in [0.2, 0.25) is 0 Å². The molecule has 2 N–H and O–H groups in total. The second-order valence-corrected chi connectivity index (χ2v) is 5.65. The number of aromatic hydroxyl groups is 1. The van der Waals surface area contributed by atoms with Gasteiger partial charge in [-0.1, -0.05) is 0 Å². The Kier molecular flexibility index (Phi) is 5.59. The second-order valence-electron chi connectivity index (χ2n) is 4.62. The molecule has 0 saturated carbocycles. The van der Waals surface area contributed by atoms with Crippen LogP contribution in [0, 0.1) is 6.92 Å². The number of amidine groups is 1. The summed E-state index contributed by atoms with van der Waals surface area (Å²) in [7, 11) is 2.74. The number of thioether (sulfide) groups is 1. The van der Waals surface area contributed by atoms with Crippen LogP contribution in [0.25, 0.3) is 0 Å². The van der Waals surface area contributed by atoms with Crippen molar-refractivity contribution in [3.63, 3.8) is 0 Å². The third-order valence-electron chi connectivity index (χ3n) is 2.99. The summed E-state index contributed by atoms with van der Waals surface area (Å²) in [6.45, 7) is 1.73. The smallest absolute Gasteiger partial charge is 0.331 e. The van der Waals surface area contributed by atoms with E-state index in [1.807, 2.05) is 0 Å². The molecule has 1 aliphatic heterocycles. The molecule has 0 aromatic heterocycles. The zero-order chi connectivity index (χ0) is 17.7. The largest absolute Gasteiger partial charge is 0.507 e. The summed E-state index contributed by atoms with van der Waals surface area (Å²) in [6.07, 6.45) is 2.41. The van der Waals surface area contributed by atoms with Crippen LogP contribution in [0.1, 0.15) is 11.1 Å². The van der Waals surface area contributed by atoms with Crippen molar-refractivity contribution in [2.24, 2.45) is 10.2 Å². The maximum atomic E-state index is 11.7. The van der Waals surface area contributed by atoms with Crippen molar-refractivity contribution in [1.29, 1.82) is 0 Å². The van der Waals surface area contributed by atoms with E-state index in [9.17, 15) is 14.7 Å². The SMILES string of the molecule is COC(=O)/C=C1/S/C(=N\N=Cc2cc(OC)cc(C)c2O)NC1=O. The molecular formula is C15H15N3O5S. The number of hydrogen-bond acceptors (Lipinski definition) is 8. The Balaban J connectivity index is 2.16. The quantitative estimate of drug-likeness (QED) is 0.367. The molecule has 9 heteroatoms. The van der Waals surface area contributed by atoms with Crippen LogP contribution >= 0.6 is 11.8 Å². The normalized spacial score (nSPS) is 17.5. The number of hydrogen-bond donors (Lipinski definition) is 2. The number of amides is 1. The summed E-state index contributed by atoms with van der Waals surface area (Å²) in [5.41, 5.74) is 1.06. The van der Waals surface area contributed by atoms with Gasteiger partial charge in [-0.05, 0) is 36.4 Å². The first-order valence-electron chi connectivity index (χ1n) is 6.72. The van der Waals surface area contributed by atoms with Gasteiger partial charge in [0.15, 0.2) is 5.17 Å². The minimum atomic E-state index is -0.630. The van der Waals surface area contributed by atoms with E-state index < -0.39 is 11.9 Å². The number of nitrogens with zero attached hydrogens (tertiary/aromatic N) is 2. The second kappa shape index (κ2) is 7.64. The number of phenols is 1. The van der Waals surface area contributed by atoms with Gasteiger partial charge in [-0.25, -0.2) is 4.79 Å². The van der Waals surface area contributed by atoms with Crippen LogP contribution in [0.4, 0.5) is 0 Å². The number of methoxy groups -OCH3 is 2. The van der Waals surface area contributed by atoms with Gasteiger partial charge < -0.3 is 14.6 Å². The summed E-state index contributed by atoms with van der Waals surface area (Å²) in [6, 6.07) is 3.30. The molecule has 8 nitrogen and oxygen atoms in total. The van der Waals surface area contributed by atoms with Gasteiger partial charge in [0, 0.05) is 11.6 Å². The van der Waals surface area contributed by atoms with Crippen molar-refractivity contribution in [2.45, 2.75) is 6.92 Å². The van der Waals surface area contributed by atoms with E-state index in [-0.39, 0.29) is 15.8 Å². The molecule has 0 atom stereocenters. The lowest BCUT2D eigenvalue weighted by Crippen LogP contribution is -2.19. The summed E-state index contributed by atoms with van der Waals surface area (Å²) >= 11 is 0.961. The number of rotatable bonds is 4. The van der Waals surface area contributed by atoms with Crippen LogP contribution in [-0.2, 0) is 14.3 Å². The third-order valence-corrected chi connectivity index (χ3v) is 3.89. The van der Waals surface area contributed by atoms with Crippen LogP contribution in [0.15, 0.2) is 33.3 Å². The number of carbonyl (C=O) groups excluding carboxylic acids is 2. The first-order valence-corrected chi connectivity index (χ1v) is 7.53. The first kappa shape index (κ1) is 17.5. The fraction of sp³-hybridized carbons (Fsp3) is 0.200. The van der Waals surface area contributed by atoms with Crippen LogP contribution in [0.2, 0.25) is 0 Å². The Morgan fingerprint density at radius 3 is 2.79 bits per heavy atom. The molecule has 1 heterocycles. The van der Waals surface area contributed by atoms with Gasteiger partial charge in [-0.15, -0.1) is 5.10 Å². The van der Waals surface area contributed by atoms with E-state index >= 15 is 0 Å². The monoisotopic (exact) mass is 349 g/mol. The molecule has 1 aromatic carbocycles. The van der Waals surface area contributed by atoms with Gasteiger partial charge in [-0.3, -0.25) is 10.1 Å². The Bertz CT molecular complexity index is 771. The lowest BCUT2D eigenvalue weighted by molar-refractivity contribution is -0.135. The summed E-state index contributed by atoms with van der Waals surface area (Å²) in [4.78, 5) is 23.0. The van der Waals surface area contributed by atoms with Crippen molar-refractivity contribution in [1.82, 2.24) is 5.32 Å². The molecule has 1 fully saturated rings. The Morgan fingerprint density at radius 1 is 1.38 bits per heavy atom. The zero-order valence-electron chi connectivity index (χ0n) is 13.2. The predicted molar refractivity (Wildman–Crippen MR) is 90.3 cm³/mol. The van der Waals surface area contributed by atoms with Crippen LogP contribution < -0.4 is 10.1 Å². The molecule has 0 aliphatic carbocycles. The summed E-state index contributed by atoms with van der Waals surface area (Å²) in [5, 5.41) is 20.4. The lowest BCUT2D eigenvalue weighted by Gasteiger charge is -2.06. The van der Waals surface area contributed by atoms with Crippen molar-refractivity contribution in [3.05, 3.63) is 34.2 Å². The van der Waals surface area contributed by atoms with E-state index in [1.165, 1.54) is 20.4 Å².